The van der Waals surface area contributed by atoms with E-state index in [0.29, 0.717) is 18.0 Å². The van der Waals surface area contributed by atoms with Crippen molar-refractivity contribution in [3.63, 3.8) is 0 Å². The predicted octanol–water partition coefficient (Wildman–Crippen LogP) is 0.263. The lowest BCUT2D eigenvalue weighted by Crippen LogP contribution is -2.40. The number of nitrogens with one attached hydrogen (secondary N) is 1. The first-order valence-electron chi connectivity index (χ1n) is 5.29. The zero-order valence-corrected chi connectivity index (χ0v) is 9.09. The molecule has 1 aliphatic rings. The highest BCUT2D eigenvalue weighted by molar-refractivity contribution is 4.85. The summed E-state index contributed by atoms with van der Waals surface area (Å²) in [7, 11) is 1.97. The van der Waals surface area contributed by atoms with Gasteiger partial charge in [0.05, 0.1) is 0 Å². The van der Waals surface area contributed by atoms with Crippen LogP contribution in [0.4, 0.5) is 0 Å². The lowest BCUT2D eigenvalue weighted by Gasteiger charge is -2.22. The minimum absolute atomic E-state index is 0.328. The van der Waals surface area contributed by atoms with Gasteiger partial charge in [-0.1, -0.05) is 0 Å². The molecular formula is C10H23N3. The summed E-state index contributed by atoms with van der Waals surface area (Å²) in [5.41, 5.74) is 6.06. The van der Waals surface area contributed by atoms with Crippen LogP contribution in [0.3, 0.4) is 0 Å². The fraction of sp³-hybridized carbons (Fsp3) is 1.00. The monoisotopic (exact) mass is 185 g/mol. The van der Waals surface area contributed by atoms with E-state index >= 15 is 0 Å². The van der Waals surface area contributed by atoms with E-state index in [9.17, 15) is 0 Å². The van der Waals surface area contributed by atoms with Gasteiger partial charge in [-0.3, -0.25) is 0 Å². The summed E-state index contributed by atoms with van der Waals surface area (Å²) >= 11 is 0. The average Bonchev–Trinajstić information content (AvgIpc) is 2.52. The summed E-state index contributed by atoms with van der Waals surface area (Å²) in [5.74, 6) is 0.690. The molecule has 1 fully saturated rings. The molecule has 2 unspecified atom stereocenters. The first kappa shape index (κ1) is 11.0. The average molecular weight is 185 g/mol. The van der Waals surface area contributed by atoms with Crippen LogP contribution in [-0.4, -0.2) is 43.7 Å². The molecule has 0 aromatic heterocycles. The topological polar surface area (TPSA) is 41.3 Å². The molecule has 0 aliphatic carbocycles. The van der Waals surface area contributed by atoms with E-state index in [4.69, 9.17) is 5.73 Å². The molecule has 0 radical (unpaired) electrons. The quantitative estimate of drug-likeness (QED) is 0.660. The molecule has 1 rings (SSSR count). The zero-order chi connectivity index (χ0) is 9.84. The Morgan fingerprint density at radius 1 is 1.54 bits per heavy atom. The van der Waals surface area contributed by atoms with Crippen molar-refractivity contribution in [1.29, 1.82) is 0 Å². The van der Waals surface area contributed by atoms with Crippen LogP contribution in [-0.2, 0) is 0 Å². The number of hydrogen-bond acceptors (Lipinski definition) is 3. The number of hydrogen-bond donors (Lipinski definition) is 2. The molecule has 0 aromatic rings. The number of likely N-dealkylation sites (tertiary alicyclic amines) is 1. The van der Waals surface area contributed by atoms with Gasteiger partial charge in [-0.05, 0) is 39.8 Å². The summed E-state index contributed by atoms with van der Waals surface area (Å²) in [6, 6.07) is 1.00. The molecule has 0 amide bonds. The zero-order valence-electron chi connectivity index (χ0n) is 9.09. The van der Waals surface area contributed by atoms with E-state index in [0.717, 1.165) is 6.54 Å². The Bertz CT molecular complexity index is 147. The second kappa shape index (κ2) is 4.94. The van der Waals surface area contributed by atoms with E-state index in [1.54, 1.807) is 0 Å². The van der Waals surface area contributed by atoms with E-state index in [2.05, 4.69) is 24.1 Å². The van der Waals surface area contributed by atoms with Gasteiger partial charge in [0, 0.05) is 25.2 Å². The van der Waals surface area contributed by atoms with Gasteiger partial charge in [-0.2, -0.15) is 0 Å². The summed E-state index contributed by atoms with van der Waals surface area (Å²) in [4.78, 5) is 2.51. The largest absolute Gasteiger partial charge is 0.326 e. The van der Waals surface area contributed by atoms with Crippen molar-refractivity contribution in [3.8, 4) is 0 Å². The molecule has 3 heteroatoms. The number of nitrogens with zero attached hydrogens (tertiary/aromatic N) is 1. The van der Waals surface area contributed by atoms with Crippen molar-refractivity contribution in [3.05, 3.63) is 0 Å². The number of nitrogens with two attached hydrogens (primary N) is 1. The second-order valence-corrected chi connectivity index (χ2v) is 4.36. The summed E-state index contributed by atoms with van der Waals surface area (Å²) in [6.45, 7) is 7.86. The molecule has 2 atom stereocenters. The Morgan fingerprint density at radius 3 is 2.69 bits per heavy atom. The maximum absolute atomic E-state index is 6.06. The fourth-order valence-electron chi connectivity index (χ4n) is 2.04. The molecule has 0 spiro atoms. The van der Waals surface area contributed by atoms with Crippen LogP contribution < -0.4 is 11.1 Å². The van der Waals surface area contributed by atoms with Gasteiger partial charge < -0.3 is 16.0 Å². The van der Waals surface area contributed by atoms with Gasteiger partial charge in [-0.25, -0.2) is 0 Å². The van der Waals surface area contributed by atoms with Crippen molar-refractivity contribution in [2.75, 3.05) is 26.7 Å². The molecule has 1 heterocycles. The SMILES string of the molecule is CNCC(N)C1CCN(C(C)C)C1. The normalized spacial score (nSPS) is 27.0. The molecule has 0 bridgehead atoms. The van der Waals surface area contributed by atoms with Crippen LogP contribution in [0.5, 0.6) is 0 Å². The Balaban J connectivity index is 2.31. The van der Waals surface area contributed by atoms with E-state index in [1.165, 1.54) is 19.5 Å². The van der Waals surface area contributed by atoms with Gasteiger partial charge in [0.15, 0.2) is 0 Å². The molecule has 13 heavy (non-hydrogen) atoms. The van der Waals surface area contributed by atoms with Crippen LogP contribution >= 0.6 is 0 Å². The van der Waals surface area contributed by atoms with E-state index in [-0.39, 0.29) is 0 Å². The summed E-state index contributed by atoms with van der Waals surface area (Å²) in [5, 5.41) is 3.14. The summed E-state index contributed by atoms with van der Waals surface area (Å²) < 4.78 is 0. The Morgan fingerprint density at radius 2 is 2.23 bits per heavy atom. The van der Waals surface area contributed by atoms with Crippen LogP contribution in [0.15, 0.2) is 0 Å². The first-order chi connectivity index (χ1) is 6.15. The summed E-state index contributed by atoms with van der Waals surface area (Å²) in [6.07, 6.45) is 1.26. The van der Waals surface area contributed by atoms with Crippen molar-refractivity contribution in [1.82, 2.24) is 10.2 Å². The third-order valence-electron chi connectivity index (χ3n) is 3.03. The van der Waals surface area contributed by atoms with Crippen molar-refractivity contribution in [2.45, 2.75) is 32.4 Å². The minimum Gasteiger partial charge on any atom is -0.326 e. The Kier molecular flexibility index (Phi) is 4.16. The Labute approximate surface area is 81.7 Å². The lowest BCUT2D eigenvalue weighted by molar-refractivity contribution is 0.258. The standard InChI is InChI=1S/C10H23N3/c1-8(2)13-5-4-9(7-13)10(11)6-12-3/h8-10,12H,4-7,11H2,1-3H3. The van der Waals surface area contributed by atoms with Gasteiger partial charge >= 0.3 is 0 Å². The molecule has 78 valence electrons. The van der Waals surface area contributed by atoms with Crippen LogP contribution in [0.25, 0.3) is 0 Å². The highest BCUT2D eigenvalue weighted by Gasteiger charge is 2.27. The van der Waals surface area contributed by atoms with Gasteiger partial charge in [0.25, 0.3) is 0 Å². The first-order valence-corrected chi connectivity index (χ1v) is 5.29. The maximum Gasteiger partial charge on any atom is 0.0206 e. The van der Waals surface area contributed by atoms with Gasteiger partial charge in [-0.15, -0.1) is 0 Å². The van der Waals surface area contributed by atoms with Crippen LogP contribution in [0, 0.1) is 5.92 Å². The van der Waals surface area contributed by atoms with E-state index < -0.39 is 0 Å². The molecule has 1 saturated heterocycles. The highest BCUT2D eigenvalue weighted by Crippen LogP contribution is 2.20. The third-order valence-corrected chi connectivity index (χ3v) is 3.03. The molecule has 0 saturated carbocycles. The smallest absolute Gasteiger partial charge is 0.0206 e. The number of rotatable bonds is 4. The van der Waals surface area contributed by atoms with Crippen molar-refractivity contribution >= 4 is 0 Å². The van der Waals surface area contributed by atoms with Crippen LogP contribution in [0.2, 0.25) is 0 Å². The van der Waals surface area contributed by atoms with E-state index in [1.807, 2.05) is 7.05 Å². The highest BCUT2D eigenvalue weighted by atomic mass is 15.2. The van der Waals surface area contributed by atoms with Crippen molar-refractivity contribution in [2.24, 2.45) is 11.7 Å². The maximum atomic E-state index is 6.06. The third kappa shape index (κ3) is 2.93. The van der Waals surface area contributed by atoms with Gasteiger partial charge in [0.1, 0.15) is 0 Å². The Hall–Kier alpha value is -0.120. The molecule has 3 nitrogen and oxygen atoms in total. The molecule has 3 N–H and O–H groups in total. The molecular weight excluding hydrogens is 162 g/mol. The number of likely N-dealkylation sites (N-methyl/N-ethyl adjacent to an activating group) is 1. The van der Waals surface area contributed by atoms with Gasteiger partial charge in [0.2, 0.25) is 0 Å². The molecule has 1 aliphatic heterocycles. The minimum atomic E-state index is 0.328. The van der Waals surface area contributed by atoms with Crippen LogP contribution in [0.1, 0.15) is 20.3 Å². The second-order valence-electron chi connectivity index (χ2n) is 4.36. The van der Waals surface area contributed by atoms with Crippen molar-refractivity contribution < 1.29 is 0 Å². The lowest BCUT2D eigenvalue weighted by atomic mass is 10.00. The fourth-order valence-corrected chi connectivity index (χ4v) is 2.04. The molecule has 0 aromatic carbocycles. The predicted molar refractivity (Wildman–Crippen MR) is 56.7 cm³/mol.